The number of aliphatic hydroxyl groups excluding tert-OH is 2. The highest BCUT2D eigenvalue weighted by Gasteiger charge is 2.61. The second kappa shape index (κ2) is 14.8. The fraction of sp³-hybridized carbons (Fsp3) is 0.794. The molecule has 3 N–H and O–H groups in total. The number of carbonyl (C=O) groups is 3. The molecule has 2 aliphatic carbocycles. The van der Waals surface area contributed by atoms with Crippen molar-refractivity contribution in [3.8, 4) is 0 Å². The van der Waals surface area contributed by atoms with Gasteiger partial charge in [-0.2, -0.15) is 0 Å². The molecule has 2 rings (SSSR count). The first-order chi connectivity index (χ1) is 19.8. The summed E-state index contributed by atoms with van der Waals surface area (Å²) in [5.74, 6) is -5.19. The Morgan fingerprint density at radius 2 is 1.53 bits per heavy atom. The third kappa shape index (κ3) is 8.16. The van der Waals surface area contributed by atoms with Crippen LogP contribution in [0.3, 0.4) is 0 Å². The van der Waals surface area contributed by atoms with Crippen molar-refractivity contribution in [3.05, 3.63) is 24.3 Å². The zero-order valence-corrected chi connectivity index (χ0v) is 27.8. The molecule has 43 heavy (non-hydrogen) atoms. The molecule has 11 atom stereocenters. The summed E-state index contributed by atoms with van der Waals surface area (Å²) in [4.78, 5) is 40.5. The molecule has 0 bridgehead atoms. The van der Waals surface area contributed by atoms with E-state index >= 15 is 0 Å². The summed E-state index contributed by atoms with van der Waals surface area (Å²) in [6.45, 7) is 22.3. The number of ketones is 1. The molecule has 0 radical (unpaired) electrons. The Hall–Kier alpha value is -2.07. The largest absolute Gasteiger partial charge is 0.457 e. The molecule has 246 valence electrons. The van der Waals surface area contributed by atoms with Crippen LogP contribution in [0.1, 0.15) is 88.5 Å². The lowest BCUT2D eigenvalue weighted by atomic mass is 9.72. The van der Waals surface area contributed by atoms with Crippen molar-refractivity contribution in [2.24, 2.45) is 40.9 Å². The molecular formula is C34H56O9. The van der Waals surface area contributed by atoms with Gasteiger partial charge in [0.2, 0.25) is 0 Å². The van der Waals surface area contributed by atoms with Crippen molar-refractivity contribution in [3.63, 3.8) is 0 Å². The maximum atomic E-state index is 13.9. The van der Waals surface area contributed by atoms with E-state index in [2.05, 4.69) is 6.58 Å². The highest BCUT2D eigenvalue weighted by molar-refractivity contribution is 5.91. The number of carbonyl (C=O) groups excluding carboxylic acids is 3. The van der Waals surface area contributed by atoms with Crippen LogP contribution in [0.4, 0.5) is 0 Å². The Bertz CT molecular complexity index is 1030. The van der Waals surface area contributed by atoms with Gasteiger partial charge in [0.15, 0.2) is 11.9 Å². The molecule has 0 aliphatic heterocycles. The van der Waals surface area contributed by atoms with Gasteiger partial charge >= 0.3 is 11.9 Å². The van der Waals surface area contributed by atoms with E-state index in [-0.39, 0.29) is 24.5 Å². The van der Waals surface area contributed by atoms with Crippen LogP contribution in [0.25, 0.3) is 0 Å². The highest BCUT2D eigenvalue weighted by Crippen LogP contribution is 2.48. The van der Waals surface area contributed by atoms with E-state index in [0.29, 0.717) is 12.8 Å². The molecule has 9 heteroatoms. The summed E-state index contributed by atoms with van der Waals surface area (Å²) in [5, 5.41) is 35.5. The number of allylic oxidation sites excluding steroid dienone is 1. The Morgan fingerprint density at radius 1 is 1.00 bits per heavy atom. The molecule has 0 aromatic rings. The van der Waals surface area contributed by atoms with E-state index in [4.69, 9.17) is 14.2 Å². The van der Waals surface area contributed by atoms with Crippen LogP contribution in [-0.2, 0) is 28.6 Å². The molecule has 0 saturated heterocycles. The predicted octanol–water partition coefficient (Wildman–Crippen LogP) is 4.41. The van der Waals surface area contributed by atoms with Gasteiger partial charge in [0.1, 0.15) is 23.9 Å². The Balaban J connectivity index is 2.91. The van der Waals surface area contributed by atoms with E-state index < -0.39 is 88.8 Å². The Kier molecular flexibility index (Phi) is 12.8. The molecule has 0 heterocycles. The van der Waals surface area contributed by atoms with Crippen LogP contribution in [0, 0.1) is 40.9 Å². The average Bonchev–Trinajstić information content (AvgIpc) is 3.18. The van der Waals surface area contributed by atoms with Crippen LogP contribution >= 0.6 is 0 Å². The summed E-state index contributed by atoms with van der Waals surface area (Å²) in [7, 11) is 0. The van der Waals surface area contributed by atoms with Gasteiger partial charge in [-0.3, -0.25) is 14.4 Å². The van der Waals surface area contributed by atoms with Crippen molar-refractivity contribution in [1.29, 1.82) is 0 Å². The van der Waals surface area contributed by atoms with E-state index in [9.17, 15) is 29.7 Å². The van der Waals surface area contributed by atoms with Crippen LogP contribution in [0.5, 0.6) is 0 Å². The van der Waals surface area contributed by atoms with Crippen LogP contribution in [0.15, 0.2) is 24.3 Å². The van der Waals surface area contributed by atoms with E-state index in [1.54, 1.807) is 53.7 Å². The predicted molar refractivity (Wildman–Crippen MR) is 164 cm³/mol. The smallest absolute Gasteiger partial charge is 0.309 e. The molecule has 2 unspecified atom stereocenters. The van der Waals surface area contributed by atoms with Gasteiger partial charge < -0.3 is 29.5 Å². The molecule has 0 aromatic carbocycles. The van der Waals surface area contributed by atoms with Gasteiger partial charge in [-0.05, 0) is 36.7 Å². The second-order valence-electron chi connectivity index (χ2n) is 14.0. The monoisotopic (exact) mass is 608 g/mol. The van der Waals surface area contributed by atoms with Crippen LogP contribution in [0.2, 0.25) is 0 Å². The topological polar surface area (TPSA) is 140 Å². The molecule has 0 spiro atoms. The number of fused-ring (bicyclic) bond motifs is 1. The number of Topliss-reactive ketones (excluding diaryl/α,β-unsaturated/α-hetero) is 1. The minimum atomic E-state index is -2.06. The van der Waals surface area contributed by atoms with E-state index in [0.717, 1.165) is 0 Å². The second-order valence-corrected chi connectivity index (χ2v) is 14.0. The normalized spacial score (nSPS) is 37.1. The third-order valence-electron chi connectivity index (χ3n) is 9.35. The lowest BCUT2D eigenvalue weighted by Gasteiger charge is -2.43. The minimum Gasteiger partial charge on any atom is -0.457 e. The lowest BCUT2D eigenvalue weighted by molar-refractivity contribution is -0.183. The fourth-order valence-corrected chi connectivity index (χ4v) is 5.84. The van der Waals surface area contributed by atoms with Gasteiger partial charge in [-0.15, -0.1) is 0 Å². The number of aliphatic hydroxyl groups is 3. The van der Waals surface area contributed by atoms with Crippen LogP contribution in [-0.4, -0.2) is 75.8 Å². The minimum absolute atomic E-state index is 0.0303. The van der Waals surface area contributed by atoms with Gasteiger partial charge in [-0.25, -0.2) is 0 Å². The standard InChI is InChI=1S/C34H56O9/c1-12-19(5)31(38)42-26-23(9)27(41-17-18(3)4)28(43-32(39)20(6)13-2)30(37)33(10,11)15-14-21(7)29(36)34(40)16-22(8)25(35)24(26)34/h14-15,18-22,24-28,30,35,37,40H,9,12-13,16-17H2,1-8,10-11H3/b15-14+/t19?,20?,21-,22-,24+,25-,26-,27-,28+,30+,34+/m0/s1. The first-order valence-electron chi connectivity index (χ1n) is 15.9. The van der Waals surface area contributed by atoms with Crippen molar-refractivity contribution >= 4 is 17.7 Å². The number of esters is 2. The first-order valence-corrected chi connectivity index (χ1v) is 15.9. The summed E-state index contributed by atoms with van der Waals surface area (Å²) in [6, 6.07) is 0. The SMILES string of the molecule is C=C1[C@H](OCC(C)C)[C@@H](OC(=O)C(C)CC)[C@@H](O)C(C)(C)/C=C/[C@H](C)C(=O)[C@@]2(O)C[C@H](C)[C@H](O)[C@@H]2[C@H]1OC(=O)C(C)CC. The van der Waals surface area contributed by atoms with Crippen molar-refractivity contribution in [1.82, 2.24) is 0 Å². The Morgan fingerprint density at radius 3 is 2.05 bits per heavy atom. The van der Waals surface area contributed by atoms with Gasteiger partial charge in [0, 0.05) is 17.9 Å². The van der Waals surface area contributed by atoms with Gasteiger partial charge in [-0.1, -0.05) is 88.0 Å². The lowest BCUT2D eigenvalue weighted by Crippen LogP contribution is -2.57. The average molecular weight is 609 g/mol. The molecule has 1 saturated carbocycles. The summed E-state index contributed by atoms with van der Waals surface area (Å²) >= 11 is 0. The third-order valence-corrected chi connectivity index (χ3v) is 9.35. The van der Waals surface area contributed by atoms with Crippen molar-refractivity contribution < 1.29 is 43.9 Å². The summed E-state index contributed by atoms with van der Waals surface area (Å²) < 4.78 is 18.4. The molecule has 0 amide bonds. The molecule has 2 aliphatic rings. The van der Waals surface area contributed by atoms with E-state index in [1.165, 1.54) is 0 Å². The number of rotatable bonds is 9. The maximum Gasteiger partial charge on any atom is 0.309 e. The maximum absolute atomic E-state index is 13.9. The quantitative estimate of drug-likeness (QED) is 0.257. The zero-order valence-electron chi connectivity index (χ0n) is 27.8. The molecule has 0 aromatic heterocycles. The first kappa shape index (κ1) is 37.1. The molecule has 9 nitrogen and oxygen atoms in total. The highest BCUT2D eigenvalue weighted by atomic mass is 16.6. The molecule has 1 fully saturated rings. The van der Waals surface area contributed by atoms with Crippen LogP contribution < -0.4 is 0 Å². The molecular weight excluding hydrogens is 552 g/mol. The van der Waals surface area contributed by atoms with Crippen molar-refractivity contribution in [2.45, 2.75) is 125 Å². The Labute approximate surface area is 258 Å². The number of hydrogen-bond donors (Lipinski definition) is 3. The van der Waals surface area contributed by atoms with E-state index in [1.807, 2.05) is 27.7 Å². The van der Waals surface area contributed by atoms with Crippen molar-refractivity contribution in [2.75, 3.05) is 6.61 Å². The summed E-state index contributed by atoms with van der Waals surface area (Å²) in [6.07, 6.45) is -2.19. The van der Waals surface area contributed by atoms with Gasteiger partial charge in [0.05, 0.1) is 23.9 Å². The van der Waals surface area contributed by atoms with Gasteiger partial charge in [0.25, 0.3) is 0 Å². The summed E-state index contributed by atoms with van der Waals surface area (Å²) in [5.41, 5.74) is -2.99. The number of ether oxygens (including phenoxy) is 3. The zero-order chi connectivity index (χ0) is 33.0. The fourth-order valence-electron chi connectivity index (χ4n) is 5.84. The number of hydrogen-bond acceptors (Lipinski definition) is 9.